The van der Waals surface area contributed by atoms with E-state index in [1.54, 1.807) is 18.5 Å². The van der Waals surface area contributed by atoms with Crippen molar-refractivity contribution < 1.29 is 17.9 Å². The van der Waals surface area contributed by atoms with Crippen LogP contribution in [0.4, 0.5) is 0 Å². The number of halogens is 1. The molecule has 0 atom stereocenters. The van der Waals surface area contributed by atoms with Crippen molar-refractivity contribution in [3.05, 3.63) is 52.6 Å². The first kappa shape index (κ1) is 21.2. The predicted octanol–water partition coefficient (Wildman–Crippen LogP) is 2.65. The van der Waals surface area contributed by atoms with Gasteiger partial charge >= 0.3 is 5.97 Å². The molecule has 0 aliphatic carbocycles. The fourth-order valence-electron chi connectivity index (χ4n) is 2.75. The van der Waals surface area contributed by atoms with E-state index in [9.17, 15) is 13.2 Å². The van der Waals surface area contributed by atoms with Crippen LogP contribution in [0.2, 0.25) is 5.02 Å². The second-order valence-electron chi connectivity index (χ2n) is 6.56. The van der Waals surface area contributed by atoms with E-state index < -0.39 is 16.0 Å². The minimum Gasteiger partial charge on any atom is -0.459 e. The van der Waals surface area contributed by atoms with Crippen LogP contribution < -0.4 is 4.72 Å². The average Bonchev–Trinajstić information content (AvgIpc) is 3.03. The third kappa shape index (κ3) is 4.75. The summed E-state index contributed by atoms with van der Waals surface area (Å²) in [4.78, 5) is 20.4. The maximum absolute atomic E-state index is 12.2. The Morgan fingerprint density at radius 3 is 2.66 bits per heavy atom. The highest BCUT2D eigenvalue weighted by Crippen LogP contribution is 2.27. The van der Waals surface area contributed by atoms with Crippen LogP contribution in [0.5, 0.6) is 0 Å². The molecule has 1 aromatic carbocycles. The predicted molar refractivity (Wildman–Crippen MR) is 109 cm³/mol. The number of imidazole rings is 1. The van der Waals surface area contributed by atoms with Crippen LogP contribution in [0.25, 0.3) is 10.9 Å². The van der Waals surface area contributed by atoms with Gasteiger partial charge < -0.3 is 9.30 Å². The number of aryl methyl sites for hydroxylation is 3. The van der Waals surface area contributed by atoms with Crippen molar-refractivity contribution in [3.63, 3.8) is 0 Å². The smallest absolute Gasteiger partial charge is 0.307 e. The molecule has 3 aromatic rings. The fraction of sp³-hybridized carbons (Fsp3) is 0.316. The first-order valence-corrected chi connectivity index (χ1v) is 10.7. The number of nitrogens with zero attached hydrogens (tertiary/aromatic N) is 3. The lowest BCUT2D eigenvalue weighted by Crippen LogP contribution is -2.27. The Bertz CT molecular complexity index is 1150. The molecule has 0 radical (unpaired) electrons. The Balaban J connectivity index is 1.57. The van der Waals surface area contributed by atoms with Crippen LogP contribution in [0.1, 0.15) is 23.5 Å². The van der Waals surface area contributed by atoms with Gasteiger partial charge in [0.1, 0.15) is 12.4 Å². The van der Waals surface area contributed by atoms with Crippen LogP contribution >= 0.6 is 11.6 Å². The van der Waals surface area contributed by atoms with Gasteiger partial charge in [0.15, 0.2) is 5.03 Å². The van der Waals surface area contributed by atoms with Crippen LogP contribution in [-0.2, 0) is 33.2 Å². The van der Waals surface area contributed by atoms with Gasteiger partial charge in [0.25, 0.3) is 10.0 Å². The first-order chi connectivity index (χ1) is 13.7. The van der Waals surface area contributed by atoms with Crippen molar-refractivity contribution in [2.75, 3.05) is 6.54 Å². The Kier molecular flexibility index (Phi) is 6.21. The van der Waals surface area contributed by atoms with Crippen LogP contribution in [0, 0.1) is 13.8 Å². The lowest BCUT2D eigenvalue weighted by atomic mass is 10.1. The largest absolute Gasteiger partial charge is 0.459 e. The highest BCUT2D eigenvalue weighted by atomic mass is 35.5. The number of nitrogens with one attached hydrogen (secondary N) is 1. The molecule has 2 heterocycles. The highest BCUT2D eigenvalue weighted by Gasteiger charge is 2.19. The van der Waals surface area contributed by atoms with E-state index in [0.717, 1.165) is 16.5 Å². The van der Waals surface area contributed by atoms with Gasteiger partial charge in [-0.05, 0) is 25.5 Å². The standard InChI is InChI=1S/C19H21ClN4O4S/c1-12-14-6-4-5-7-15(14)23-16(19(12)20)11-28-18(25)8-9-21-29(26,27)17-10-24(3)13(2)22-17/h4-7,10,21H,8-9,11H2,1-3H3. The number of hydrogen-bond donors (Lipinski definition) is 1. The van der Waals surface area contributed by atoms with E-state index in [1.165, 1.54) is 6.20 Å². The van der Waals surface area contributed by atoms with Crippen molar-refractivity contribution >= 4 is 38.5 Å². The Hall–Kier alpha value is -2.49. The number of esters is 1. The van der Waals surface area contributed by atoms with Gasteiger partial charge in [0.05, 0.1) is 22.7 Å². The second-order valence-corrected chi connectivity index (χ2v) is 8.65. The summed E-state index contributed by atoms with van der Waals surface area (Å²) in [6.45, 7) is 3.39. The zero-order valence-electron chi connectivity index (χ0n) is 16.3. The third-order valence-electron chi connectivity index (χ3n) is 4.50. The van der Waals surface area contributed by atoms with E-state index in [1.807, 2.05) is 31.2 Å². The number of aromatic nitrogens is 3. The minimum atomic E-state index is -3.78. The molecule has 154 valence electrons. The quantitative estimate of drug-likeness (QED) is 0.571. The molecular weight excluding hydrogens is 416 g/mol. The molecule has 0 spiro atoms. The van der Waals surface area contributed by atoms with Crippen molar-refractivity contribution in [2.45, 2.75) is 31.9 Å². The summed E-state index contributed by atoms with van der Waals surface area (Å²) in [5.74, 6) is 0.00780. The zero-order valence-corrected chi connectivity index (χ0v) is 17.8. The van der Waals surface area contributed by atoms with E-state index in [2.05, 4.69) is 14.7 Å². The first-order valence-electron chi connectivity index (χ1n) is 8.88. The molecule has 29 heavy (non-hydrogen) atoms. The van der Waals surface area contributed by atoms with Gasteiger partial charge in [-0.25, -0.2) is 23.1 Å². The topological polar surface area (TPSA) is 103 Å². The van der Waals surface area contributed by atoms with Gasteiger partial charge in [0.2, 0.25) is 0 Å². The fourth-order valence-corrected chi connectivity index (χ4v) is 4.02. The monoisotopic (exact) mass is 436 g/mol. The zero-order chi connectivity index (χ0) is 21.2. The summed E-state index contributed by atoms with van der Waals surface area (Å²) in [6, 6.07) is 7.56. The molecule has 0 bridgehead atoms. The summed E-state index contributed by atoms with van der Waals surface area (Å²) in [7, 11) is -2.08. The molecule has 0 aliphatic heterocycles. The number of para-hydroxylation sites is 1. The minimum absolute atomic E-state index is 0.0878. The van der Waals surface area contributed by atoms with Gasteiger partial charge in [-0.3, -0.25) is 4.79 Å². The molecule has 0 amide bonds. The second kappa shape index (κ2) is 8.48. The number of sulfonamides is 1. The molecule has 0 fully saturated rings. The summed E-state index contributed by atoms with van der Waals surface area (Å²) in [5.41, 5.74) is 2.08. The average molecular weight is 437 g/mol. The SMILES string of the molecule is Cc1c(Cl)c(COC(=O)CCNS(=O)(=O)c2cn(C)c(C)n2)nc2ccccc12. The number of benzene rings is 1. The Morgan fingerprint density at radius 2 is 1.97 bits per heavy atom. The molecule has 0 saturated heterocycles. The normalized spacial score (nSPS) is 11.7. The number of ether oxygens (including phenoxy) is 1. The van der Waals surface area contributed by atoms with Crippen LogP contribution in [-0.4, -0.2) is 35.5 Å². The summed E-state index contributed by atoms with van der Waals surface area (Å²) in [5, 5.41) is 1.29. The molecular formula is C19H21ClN4O4S. The number of carbonyl (C=O) groups excluding carboxylic acids is 1. The number of carbonyl (C=O) groups is 1. The number of rotatable bonds is 7. The number of hydrogen-bond acceptors (Lipinski definition) is 6. The molecule has 8 nitrogen and oxygen atoms in total. The number of fused-ring (bicyclic) bond motifs is 1. The van der Waals surface area contributed by atoms with Crippen molar-refractivity contribution in [1.29, 1.82) is 0 Å². The maximum Gasteiger partial charge on any atom is 0.307 e. The lowest BCUT2D eigenvalue weighted by Gasteiger charge is -2.11. The molecule has 1 N–H and O–H groups in total. The van der Waals surface area contributed by atoms with Crippen molar-refractivity contribution in [3.8, 4) is 0 Å². The van der Waals surface area contributed by atoms with Crippen LogP contribution in [0.15, 0.2) is 35.5 Å². The van der Waals surface area contributed by atoms with Crippen LogP contribution in [0.3, 0.4) is 0 Å². The van der Waals surface area contributed by atoms with Gasteiger partial charge in [0, 0.05) is 25.2 Å². The number of pyridine rings is 1. The summed E-state index contributed by atoms with van der Waals surface area (Å²) in [6.07, 6.45) is 1.28. The van der Waals surface area contributed by atoms with E-state index in [0.29, 0.717) is 16.5 Å². The van der Waals surface area contributed by atoms with Gasteiger partial charge in [-0.1, -0.05) is 29.8 Å². The van der Waals surface area contributed by atoms with Gasteiger partial charge in [-0.2, -0.15) is 0 Å². The molecule has 3 rings (SSSR count). The molecule has 2 aromatic heterocycles. The summed E-state index contributed by atoms with van der Waals surface area (Å²) >= 11 is 6.35. The third-order valence-corrected chi connectivity index (χ3v) is 6.33. The summed E-state index contributed by atoms with van der Waals surface area (Å²) < 4.78 is 33.6. The molecule has 0 saturated carbocycles. The van der Waals surface area contributed by atoms with Crippen molar-refractivity contribution in [1.82, 2.24) is 19.3 Å². The van der Waals surface area contributed by atoms with E-state index >= 15 is 0 Å². The highest BCUT2D eigenvalue weighted by molar-refractivity contribution is 7.89. The molecule has 0 unspecified atom stereocenters. The maximum atomic E-state index is 12.2. The molecule has 0 aliphatic rings. The Morgan fingerprint density at radius 1 is 1.24 bits per heavy atom. The van der Waals surface area contributed by atoms with Gasteiger partial charge in [-0.15, -0.1) is 0 Å². The molecule has 10 heteroatoms. The van der Waals surface area contributed by atoms with Crippen molar-refractivity contribution in [2.24, 2.45) is 7.05 Å². The lowest BCUT2D eigenvalue weighted by molar-refractivity contribution is -0.144. The Labute approximate surface area is 173 Å². The van der Waals surface area contributed by atoms with E-state index in [4.69, 9.17) is 16.3 Å². The van der Waals surface area contributed by atoms with E-state index in [-0.39, 0.29) is 24.6 Å².